The Balaban J connectivity index is 1.95. The molecule has 2 aromatic rings. The summed E-state index contributed by atoms with van der Waals surface area (Å²) in [5.74, 6) is -0.787. The summed E-state index contributed by atoms with van der Waals surface area (Å²) in [5, 5.41) is 5.48. The summed E-state index contributed by atoms with van der Waals surface area (Å²) in [6.07, 6.45) is -0.885. The normalized spacial score (nSPS) is 11.7. The van der Waals surface area contributed by atoms with E-state index in [1.165, 1.54) is 0 Å². The monoisotopic (exact) mass is 396 g/mol. The van der Waals surface area contributed by atoms with Crippen LogP contribution in [0.2, 0.25) is 0 Å². The van der Waals surface area contributed by atoms with Crippen molar-refractivity contribution in [2.24, 2.45) is 0 Å². The number of carbonyl (C=O) groups is 3. The third-order valence-corrected chi connectivity index (χ3v) is 4.37. The van der Waals surface area contributed by atoms with Gasteiger partial charge in [0.1, 0.15) is 0 Å². The van der Waals surface area contributed by atoms with Crippen LogP contribution in [-0.2, 0) is 11.3 Å². The van der Waals surface area contributed by atoms with Crippen LogP contribution in [0.15, 0.2) is 42.5 Å². The minimum Gasteiger partial charge on any atom is -0.451 e. The van der Waals surface area contributed by atoms with Gasteiger partial charge in [-0.2, -0.15) is 0 Å². The molecule has 0 aromatic heterocycles. The molecule has 0 saturated heterocycles. The number of carbonyl (C=O) groups excluding carboxylic acids is 3. The van der Waals surface area contributed by atoms with Gasteiger partial charge in [0.05, 0.1) is 5.56 Å². The second-order valence-corrected chi connectivity index (χ2v) is 7.41. The Morgan fingerprint density at radius 2 is 1.62 bits per heavy atom. The highest BCUT2D eigenvalue weighted by molar-refractivity contribution is 6.02. The fourth-order valence-electron chi connectivity index (χ4n) is 2.76. The van der Waals surface area contributed by atoms with Crippen LogP contribution in [0.1, 0.15) is 58.2 Å². The van der Waals surface area contributed by atoms with Crippen LogP contribution in [0.3, 0.4) is 0 Å². The molecule has 1 atom stereocenters. The molecule has 0 radical (unpaired) electrons. The summed E-state index contributed by atoms with van der Waals surface area (Å²) in [5.41, 5.74) is 3.58. The Bertz CT molecular complexity index is 888. The van der Waals surface area contributed by atoms with Gasteiger partial charge in [0.25, 0.3) is 0 Å². The molecule has 0 unspecified atom stereocenters. The van der Waals surface area contributed by atoms with Gasteiger partial charge >= 0.3 is 12.0 Å². The highest BCUT2D eigenvalue weighted by Crippen LogP contribution is 2.15. The van der Waals surface area contributed by atoms with Crippen molar-refractivity contribution in [2.45, 2.75) is 53.3 Å². The Morgan fingerprint density at radius 3 is 2.24 bits per heavy atom. The number of nitrogens with one attached hydrogen (secondary N) is 2. The molecular weight excluding hydrogens is 368 g/mol. The number of ether oxygens (including phenoxy) is 1. The molecule has 154 valence electrons. The number of esters is 1. The zero-order valence-corrected chi connectivity index (χ0v) is 17.5. The standard InChI is InChI=1S/C23H28N2O4/c1-14(2)25-23(28)24-13-18-8-10-19(11-9-18)22(27)29-17(5)21(26)20-12-15(3)6-7-16(20)4/h6-12,14,17H,13H2,1-5H3,(H2,24,25,28)/t17-/m1/s1. The van der Waals surface area contributed by atoms with Crippen molar-refractivity contribution in [3.8, 4) is 0 Å². The Hall–Kier alpha value is -3.15. The average Bonchev–Trinajstić information content (AvgIpc) is 2.67. The predicted octanol–water partition coefficient (Wildman–Crippen LogP) is 3.94. The van der Waals surface area contributed by atoms with E-state index in [0.29, 0.717) is 17.7 Å². The maximum atomic E-state index is 12.6. The molecule has 2 aromatic carbocycles. The molecule has 0 aliphatic heterocycles. The van der Waals surface area contributed by atoms with Crippen LogP contribution < -0.4 is 10.6 Å². The largest absolute Gasteiger partial charge is 0.451 e. The summed E-state index contributed by atoms with van der Waals surface area (Å²) in [7, 11) is 0. The summed E-state index contributed by atoms with van der Waals surface area (Å²) in [6, 6.07) is 12.1. The van der Waals surface area contributed by atoms with Crippen molar-refractivity contribution in [1.29, 1.82) is 0 Å². The molecule has 0 heterocycles. The molecule has 2 rings (SSSR count). The van der Waals surface area contributed by atoms with Crippen LogP contribution >= 0.6 is 0 Å². The van der Waals surface area contributed by atoms with Crippen molar-refractivity contribution >= 4 is 17.8 Å². The molecule has 0 spiro atoms. The van der Waals surface area contributed by atoms with Crippen molar-refractivity contribution < 1.29 is 19.1 Å². The number of hydrogen-bond donors (Lipinski definition) is 2. The highest BCUT2D eigenvalue weighted by atomic mass is 16.5. The first-order valence-corrected chi connectivity index (χ1v) is 9.63. The van der Waals surface area contributed by atoms with Crippen LogP contribution in [0.4, 0.5) is 4.79 Å². The molecule has 0 aliphatic carbocycles. The maximum Gasteiger partial charge on any atom is 0.338 e. The van der Waals surface area contributed by atoms with Gasteiger partial charge in [-0.15, -0.1) is 0 Å². The smallest absolute Gasteiger partial charge is 0.338 e. The fraction of sp³-hybridized carbons (Fsp3) is 0.348. The van der Waals surface area contributed by atoms with Gasteiger partial charge in [0.2, 0.25) is 5.78 Å². The Labute approximate surface area is 171 Å². The van der Waals surface area contributed by atoms with E-state index >= 15 is 0 Å². The molecule has 29 heavy (non-hydrogen) atoms. The number of urea groups is 1. The summed E-state index contributed by atoms with van der Waals surface area (Å²) in [6.45, 7) is 9.45. The third kappa shape index (κ3) is 6.45. The zero-order valence-electron chi connectivity index (χ0n) is 17.5. The lowest BCUT2D eigenvalue weighted by molar-refractivity contribution is 0.0318. The molecule has 0 aliphatic rings. The van der Waals surface area contributed by atoms with Crippen LogP contribution in [0.25, 0.3) is 0 Å². The molecule has 0 bridgehead atoms. The summed E-state index contributed by atoms with van der Waals surface area (Å²) < 4.78 is 5.36. The minimum atomic E-state index is -0.885. The topological polar surface area (TPSA) is 84.5 Å². The number of rotatable bonds is 7. The first-order valence-electron chi connectivity index (χ1n) is 9.63. The maximum absolute atomic E-state index is 12.6. The quantitative estimate of drug-likeness (QED) is 0.548. The van der Waals surface area contributed by atoms with Crippen molar-refractivity contribution in [1.82, 2.24) is 10.6 Å². The van der Waals surface area contributed by atoms with E-state index in [-0.39, 0.29) is 17.9 Å². The zero-order chi connectivity index (χ0) is 21.6. The molecule has 6 nitrogen and oxygen atoms in total. The van der Waals surface area contributed by atoms with Gasteiger partial charge in [0, 0.05) is 18.2 Å². The molecule has 6 heteroatoms. The second-order valence-electron chi connectivity index (χ2n) is 7.41. The second kappa shape index (κ2) is 9.87. The Morgan fingerprint density at radius 1 is 0.966 bits per heavy atom. The number of aryl methyl sites for hydroxylation is 2. The lowest BCUT2D eigenvalue weighted by Gasteiger charge is -2.14. The number of Topliss-reactive ketones (excluding diaryl/α,β-unsaturated/α-hetero) is 1. The minimum absolute atomic E-state index is 0.0560. The number of hydrogen-bond acceptors (Lipinski definition) is 4. The first-order chi connectivity index (χ1) is 13.7. The highest BCUT2D eigenvalue weighted by Gasteiger charge is 2.22. The van der Waals surface area contributed by atoms with Gasteiger partial charge in [0.15, 0.2) is 6.10 Å². The molecule has 2 amide bonds. The lowest BCUT2D eigenvalue weighted by Crippen LogP contribution is -2.39. The van der Waals surface area contributed by atoms with Gasteiger partial charge < -0.3 is 15.4 Å². The Kier molecular flexibility index (Phi) is 7.53. The van der Waals surface area contributed by atoms with Crippen LogP contribution in [0.5, 0.6) is 0 Å². The van der Waals surface area contributed by atoms with Gasteiger partial charge in [-0.1, -0.05) is 29.8 Å². The van der Waals surface area contributed by atoms with Crippen molar-refractivity contribution in [2.75, 3.05) is 0 Å². The van der Waals surface area contributed by atoms with Crippen molar-refractivity contribution in [3.63, 3.8) is 0 Å². The van der Waals surface area contributed by atoms with E-state index in [0.717, 1.165) is 16.7 Å². The van der Waals surface area contributed by atoms with E-state index in [9.17, 15) is 14.4 Å². The van der Waals surface area contributed by atoms with Crippen LogP contribution in [-0.4, -0.2) is 29.9 Å². The first kappa shape index (κ1) is 22.1. The lowest BCUT2D eigenvalue weighted by atomic mass is 9.99. The van der Waals surface area contributed by atoms with E-state index in [1.54, 1.807) is 37.3 Å². The number of amides is 2. The van der Waals surface area contributed by atoms with E-state index in [4.69, 9.17) is 4.74 Å². The average molecular weight is 396 g/mol. The van der Waals surface area contributed by atoms with Crippen molar-refractivity contribution in [3.05, 3.63) is 70.3 Å². The molecular formula is C23H28N2O4. The SMILES string of the molecule is Cc1ccc(C)c(C(=O)[C@@H](C)OC(=O)c2ccc(CNC(=O)NC(C)C)cc2)c1. The fourth-order valence-corrected chi connectivity index (χ4v) is 2.76. The predicted molar refractivity (Wildman–Crippen MR) is 112 cm³/mol. The number of ketones is 1. The van der Waals surface area contributed by atoms with E-state index in [2.05, 4.69) is 10.6 Å². The molecule has 2 N–H and O–H groups in total. The summed E-state index contributed by atoms with van der Waals surface area (Å²) in [4.78, 5) is 36.6. The van der Waals surface area contributed by atoms with Gasteiger partial charge in [-0.3, -0.25) is 4.79 Å². The number of benzene rings is 2. The third-order valence-electron chi connectivity index (χ3n) is 4.37. The van der Waals surface area contributed by atoms with Gasteiger partial charge in [-0.05, 0) is 63.9 Å². The van der Waals surface area contributed by atoms with E-state index < -0.39 is 12.1 Å². The molecule has 0 fully saturated rings. The van der Waals surface area contributed by atoms with Gasteiger partial charge in [-0.25, -0.2) is 9.59 Å². The molecule has 0 saturated carbocycles. The van der Waals surface area contributed by atoms with Crippen LogP contribution in [0, 0.1) is 13.8 Å². The van der Waals surface area contributed by atoms with E-state index in [1.807, 2.05) is 39.8 Å². The summed E-state index contributed by atoms with van der Waals surface area (Å²) >= 11 is 0.